The first-order valence-electron chi connectivity index (χ1n) is 5.21. The molecular formula is C12H16FNO. The molecule has 1 heterocycles. The molecular weight excluding hydrogens is 193 g/mol. The van der Waals surface area contributed by atoms with Gasteiger partial charge in [-0.15, -0.1) is 0 Å². The van der Waals surface area contributed by atoms with Crippen molar-refractivity contribution in [3.8, 4) is 0 Å². The van der Waals surface area contributed by atoms with E-state index in [9.17, 15) is 4.39 Å². The average molecular weight is 209 g/mol. The van der Waals surface area contributed by atoms with Gasteiger partial charge in [0.1, 0.15) is 5.82 Å². The predicted octanol–water partition coefficient (Wildman–Crippen LogP) is 2.27. The molecule has 1 aromatic carbocycles. The Balaban J connectivity index is 2.13. The van der Waals surface area contributed by atoms with Crippen molar-refractivity contribution in [3.05, 3.63) is 35.6 Å². The van der Waals surface area contributed by atoms with Gasteiger partial charge in [0.25, 0.3) is 0 Å². The molecule has 0 spiro atoms. The third kappa shape index (κ3) is 2.55. The number of ether oxygens (including phenoxy) is 1. The van der Waals surface area contributed by atoms with Crippen LogP contribution in [0.15, 0.2) is 24.3 Å². The highest BCUT2D eigenvalue weighted by Crippen LogP contribution is 2.26. The Bertz CT molecular complexity index is 334. The number of rotatable bonds is 1. The zero-order valence-corrected chi connectivity index (χ0v) is 9.09. The van der Waals surface area contributed by atoms with Crippen LogP contribution in [0.5, 0.6) is 0 Å². The Kier molecular flexibility index (Phi) is 2.76. The van der Waals surface area contributed by atoms with Gasteiger partial charge >= 0.3 is 0 Å². The summed E-state index contributed by atoms with van der Waals surface area (Å²) in [5, 5.41) is 3.32. The van der Waals surface area contributed by atoms with Crippen molar-refractivity contribution < 1.29 is 9.13 Å². The number of halogens is 1. The molecule has 0 aliphatic carbocycles. The van der Waals surface area contributed by atoms with E-state index in [0.29, 0.717) is 0 Å². The maximum atomic E-state index is 12.7. The van der Waals surface area contributed by atoms with E-state index < -0.39 is 0 Å². The zero-order valence-electron chi connectivity index (χ0n) is 9.09. The molecule has 1 saturated heterocycles. The van der Waals surface area contributed by atoms with Crippen LogP contribution in [0.4, 0.5) is 4.39 Å². The molecule has 1 aliphatic rings. The Hall–Kier alpha value is -0.930. The second kappa shape index (κ2) is 3.91. The lowest BCUT2D eigenvalue weighted by Crippen LogP contribution is -2.46. The highest BCUT2D eigenvalue weighted by Gasteiger charge is 2.28. The third-order valence-corrected chi connectivity index (χ3v) is 2.58. The summed E-state index contributed by atoms with van der Waals surface area (Å²) in [5.74, 6) is -0.207. The van der Waals surface area contributed by atoms with Gasteiger partial charge in [0, 0.05) is 13.1 Å². The normalized spacial score (nSPS) is 25.1. The minimum Gasteiger partial charge on any atom is -0.365 e. The summed E-state index contributed by atoms with van der Waals surface area (Å²) in [6.07, 6.45) is 0.0225. The smallest absolute Gasteiger partial charge is 0.123 e. The van der Waals surface area contributed by atoms with Gasteiger partial charge in [-0.05, 0) is 31.5 Å². The van der Waals surface area contributed by atoms with Crippen LogP contribution in [-0.2, 0) is 4.74 Å². The quantitative estimate of drug-likeness (QED) is 0.766. The summed E-state index contributed by atoms with van der Waals surface area (Å²) in [6, 6.07) is 6.51. The molecule has 1 aromatic rings. The van der Waals surface area contributed by atoms with E-state index in [1.807, 2.05) is 0 Å². The highest BCUT2D eigenvalue weighted by atomic mass is 19.1. The summed E-state index contributed by atoms with van der Waals surface area (Å²) in [7, 11) is 0. The standard InChI is InChI=1S/C12H16FNO/c1-12(2)8-14-7-11(15-12)9-3-5-10(13)6-4-9/h3-6,11,14H,7-8H2,1-2H3. The predicted molar refractivity (Wildman–Crippen MR) is 57.2 cm³/mol. The number of hydrogen-bond donors (Lipinski definition) is 1. The number of hydrogen-bond acceptors (Lipinski definition) is 2. The topological polar surface area (TPSA) is 21.3 Å². The van der Waals surface area contributed by atoms with Crippen LogP contribution in [0.1, 0.15) is 25.5 Å². The molecule has 0 aromatic heterocycles. The molecule has 3 heteroatoms. The first kappa shape index (κ1) is 10.6. The van der Waals surface area contributed by atoms with E-state index in [1.165, 1.54) is 12.1 Å². The van der Waals surface area contributed by atoms with Crippen molar-refractivity contribution >= 4 is 0 Å². The maximum absolute atomic E-state index is 12.7. The van der Waals surface area contributed by atoms with Crippen molar-refractivity contribution in [2.24, 2.45) is 0 Å². The van der Waals surface area contributed by atoms with Crippen molar-refractivity contribution in [3.63, 3.8) is 0 Å². The van der Waals surface area contributed by atoms with E-state index >= 15 is 0 Å². The molecule has 1 fully saturated rings. The van der Waals surface area contributed by atoms with Crippen molar-refractivity contribution in [1.29, 1.82) is 0 Å². The lowest BCUT2D eigenvalue weighted by molar-refractivity contribution is -0.0958. The molecule has 0 amide bonds. The van der Waals surface area contributed by atoms with Crippen LogP contribution in [0.3, 0.4) is 0 Å². The van der Waals surface area contributed by atoms with Gasteiger partial charge in [-0.2, -0.15) is 0 Å². The molecule has 0 radical (unpaired) electrons. The monoisotopic (exact) mass is 209 g/mol. The second-order valence-electron chi connectivity index (χ2n) is 4.55. The van der Waals surface area contributed by atoms with Crippen LogP contribution < -0.4 is 5.32 Å². The van der Waals surface area contributed by atoms with E-state index in [1.54, 1.807) is 12.1 Å². The minimum atomic E-state index is -0.207. The van der Waals surface area contributed by atoms with Crippen LogP contribution in [-0.4, -0.2) is 18.7 Å². The zero-order chi connectivity index (χ0) is 10.9. The molecule has 0 bridgehead atoms. The molecule has 82 valence electrons. The first-order valence-corrected chi connectivity index (χ1v) is 5.21. The van der Waals surface area contributed by atoms with Gasteiger partial charge in [-0.25, -0.2) is 4.39 Å². The van der Waals surface area contributed by atoms with Gasteiger partial charge in [-0.3, -0.25) is 0 Å². The number of nitrogens with one attached hydrogen (secondary N) is 1. The van der Waals surface area contributed by atoms with Crippen LogP contribution in [0, 0.1) is 5.82 Å². The van der Waals surface area contributed by atoms with Crippen LogP contribution in [0.2, 0.25) is 0 Å². The van der Waals surface area contributed by atoms with Gasteiger partial charge in [-0.1, -0.05) is 12.1 Å². The van der Waals surface area contributed by atoms with Crippen molar-refractivity contribution in [1.82, 2.24) is 5.32 Å². The Morgan fingerprint density at radius 3 is 2.60 bits per heavy atom. The molecule has 1 atom stereocenters. The Morgan fingerprint density at radius 1 is 1.33 bits per heavy atom. The molecule has 2 nitrogen and oxygen atoms in total. The van der Waals surface area contributed by atoms with E-state index in [4.69, 9.17) is 4.74 Å². The summed E-state index contributed by atoms with van der Waals surface area (Å²) >= 11 is 0. The van der Waals surface area contributed by atoms with Gasteiger partial charge in [0.15, 0.2) is 0 Å². The number of benzene rings is 1. The SMILES string of the molecule is CC1(C)CNCC(c2ccc(F)cc2)O1. The van der Waals surface area contributed by atoms with Crippen molar-refractivity contribution in [2.75, 3.05) is 13.1 Å². The third-order valence-electron chi connectivity index (χ3n) is 2.58. The molecule has 15 heavy (non-hydrogen) atoms. The largest absolute Gasteiger partial charge is 0.365 e. The Labute approximate surface area is 89.4 Å². The lowest BCUT2D eigenvalue weighted by atomic mass is 10.0. The molecule has 2 rings (SSSR count). The fourth-order valence-corrected chi connectivity index (χ4v) is 1.84. The molecule has 0 saturated carbocycles. The molecule has 1 aliphatic heterocycles. The number of morpholine rings is 1. The van der Waals surface area contributed by atoms with Gasteiger partial charge in [0.2, 0.25) is 0 Å². The summed E-state index contributed by atoms with van der Waals surface area (Å²) in [5.41, 5.74) is 0.869. The first-order chi connectivity index (χ1) is 7.07. The van der Waals surface area contributed by atoms with Gasteiger partial charge in [0.05, 0.1) is 11.7 Å². The minimum absolute atomic E-state index is 0.0225. The highest BCUT2D eigenvalue weighted by molar-refractivity contribution is 5.19. The lowest BCUT2D eigenvalue weighted by Gasteiger charge is -2.36. The second-order valence-corrected chi connectivity index (χ2v) is 4.55. The average Bonchev–Trinajstić information content (AvgIpc) is 2.17. The summed E-state index contributed by atoms with van der Waals surface area (Å²) < 4.78 is 18.7. The van der Waals surface area contributed by atoms with Crippen LogP contribution in [0.25, 0.3) is 0 Å². The maximum Gasteiger partial charge on any atom is 0.123 e. The van der Waals surface area contributed by atoms with E-state index in [2.05, 4.69) is 19.2 Å². The Morgan fingerprint density at radius 2 is 2.00 bits per heavy atom. The van der Waals surface area contributed by atoms with Crippen molar-refractivity contribution in [2.45, 2.75) is 25.6 Å². The van der Waals surface area contributed by atoms with Crippen LogP contribution >= 0.6 is 0 Å². The fourth-order valence-electron chi connectivity index (χ4n) is 1.84. The summed E-state index contributed by atoms with van der Waals surface area (Å²) in [6.45, 7) is 5.74. The summed E-state index contributed by atoms with van der Waals surface area (Å²) in [4.78, 5) is 0. The molecule has 1 unspecified atom stereocenters. The van der Waals surface area contributed by atoms with Gasteiger partial charge < -0.3 is 10.1 Å². The fraction of sp³-hybridized carbons (Fsp3) is 0.500. The molecule has 1 N–H and O–H groups in total. The van der Waals surface area contributed by atoms with E-state index in [-0.39, 0.29) is 17.5 Å². The van der Waals surface area contributed by atoms with E-state index in [0.717, 1.165) is 18.7 Å².